The van der Waals surface area contributed by atoms with Gasteiger partial charge in [0.1, 0.15) is 0 Å². The topological polar surface area (TPSA) is 26.0 Å². The smallest absolute Gasteiger partial charge is 0.0102 e. The third-order valence-corrected chi connectivity index (χ3v) is 5.96. The van der Waals surface area contributed by atoms with E-state index < -0.39 is 0 Å². The zero-order chi connectivity index (χ0) is 14.7. The van der Waals surface area contributed by atoms with Crippen LogP contribution in [0.1, 0.15) is 69.8 Å². The molecule has 116 valence electrons. The molecule has 0 aromatic heterocycles. The van der Waals surface area contributed by atoms with E-state index in [0.29, 0.717) is 6.04 Å². The molecular weight excluding hydrogens is 254 g/mol. The Morgan fingerprint density at radius 2 is 1.81 bits per heavy atom. The van der Waals surface area contributed by atoms with E-state index in [2.05, 4.69) is 37.3 Å². The highest BCUT2D eigenvalue weighted by molar-refractivity contribution is 5.26. The number of unbranched alkanes of at least 4 members (excludes halogenated alkanes) is 1. The molecule has 2 saturated carbocycles. The molecule has 2 aliphatic carbocycles. The maximum absolute atomic E-state index is 6.63. The summed E-state index contributed by atoms with van der Waals surface area (Å²) in [7, 11) is 0. The Hall–Kier alpha value is -0.820. The van der Waals surface area contributed by atoms with Crippen molar-refractivity contribution < 1.29 is 0 Å². The molecule has 3 atom stereocenters. The van der Waals surface area contributed by atoms with Gasteiger partial charge in [-0.25, -0.2) is 0 Å². The van der Waals surface area contributed by atoms with E-state index in [4.69, 9.17) is 5.73 Å². The van der Waals surface area contributed by atoms with Gasteiger partial charge in [0, 0.05) is 6.04 Å². The van der Waals surface area contributed by atoms with Gasteiger partial charge in [0.15, 0.2) is 0 Å². The van der Waals surface area contributed by atoms with Crippen LogP contribution in [0.2, 0.25) is 0 Å². The van der Waals surface area contributed by atoms with Crippen molar-refractivity contribution in [2.75, 3.05) is 0 Å². The van der Waals surface area contributed by atoms with E-state index in [1.54, 1.807) is 0 Å². The fraction of sp³-hybridized carbons (Fsp3) is 0.700. The molecule has 1 nitrogen and oxygen atoms in total. The summed E-state index contributed by atoms with van der Waals surface area (Å²) < 4.78 is 0. The van der Waals surface area contributed by atoms with Crippen molar-refractivity contribution in [1.82, 2.24) is 0 Å². The first-order valence-corrected chi connectivity index (χ1v) is 9.10. The molecule has 0 bridgehead atoms. The Morgan fingerprint density at radius 3 is 2.48 bits per heavy atom. The lowest BCUT2D eigenvalue weighted by Gasteiger charge is -2.32. The molecule has 2 aliphatic rings. The van der Waals surface area contributed by atoms with Gasteiger partial charge < -0.3 is 5.73 Å². The normalized spacial score (nSPS) is 33.6. The molecule has 3 rings (SSSR count). The van der Waals surface area contributed by atoms with E-state index in [1.165, 1.54) is 56.9 Å². The zero-order valence-electron chi connectivity index (χ0n) is 13.5. The van der Waals surface area contributed by atoms with Gasteiger partial charge >= 0.3 is 0 Å². The van der Waals surface area contributed by atoms with Crippen molar-refractivity contribution in [2.24, 2.45) is 23.5 Å². The highest BCUT2D eigenvalue weighted by atomic mass is 14.7. The maximum atomic E-state index is 6.63. The van der Waals surface area contributed by atoms with Crippen LogP contribution in [0.25, 0.3) is 0 Å². The van der Waals surface area contributed by atoms with Crippen LogP contribution in [0.5, 0.6) is 0 Å². The number of hydrogen-bond acceptors (Lipinski definition) is 1. The Morgan fingerprint density at radius 1 is 1.10 bits per heavy atom. The average molecular weight is 285 g/mol. The lowest BCUT2D eigenvalue weighted by molar-refractivity contribution is 0.220. The monoisotopic (exact) mass is 285 g/mol. The van der Waals surface area contributed by atoms with Crippen molar-refractivity contribution >= 4 is 0 Å². The largest absolute Gasteiger partial charge is 0.327 e. The van der Waals surface area contributed by atoms with Gasteiger partial charge in [-0.15, -0.1) is 0 Å². The highest BCUT2D eigenvalue weighted by Gasteiger charge is 2.45. The Bertz CT molecular complexity index is 419. The van der Waals surface area contributed by atoms with Gasteiger partial charge in [-0.1, -0.05) is 69.4 Å². The molecule has 2 fully saturated rings. The standard InChI is InChI=1S/C20H31N/c1-2-3-7-15-10-12-17(13-11-15)20(21)19-14-18(19)16-8-5-4-6-9-16/h4-6,8-9,15,17-20H,2-3,7,10-14,21H2,1H3. The molecule has 1 heteroatoms. The molecule has 1 aromatic carbocycles. The lowest BCUT2D eigenvalue weighted by Crippen LogP contribution is -2.35. The van der Waals surface area contributed by atoms with Crippen molar-refractivity contribution in [2.45, 2.75) is 70.3 Å². The molecule has 0 saturated heterocycles. The van der Waals surface area contributed by atoms with Gasteiger partial charge in [-0.05, 0) is 48.5 Å². The minimum atomic E-state index is 0.447. The van der Waals surface area contributed by atoms with Gasteiger partial charge in [0.05, 0.1) is 0 Å². The summed E-state index contributed by atoms with van der Waals surface area (Å²) in [5.74, 6) is 3.29. The summed E-state index contributed by atoms with van der Waals surface area (Å²) in [4.78, 5) is 0. The predicted octanol–water partition coefficient (Wildman–Crippen LogP) is 5.11. The Balaban J connectivity index is 1.46. The van der Waals surface area contributed by atoms with E-state index >= 15 is 0 Å². The summed E-state index contributed by atoms with van der Waals surface area (Å²) in [6.45, 7) is 2.30. The SMILES string of the molecule is CCCCC1CCC(C(N)C2CC2c2ccccc2)CC1. The number of hydrogen-bond donors (Lipinski definition) is 1. The van der Waals surface area contributed by atoms with Crippen LogP contribution in [0.3, 0.4) is 0 Å². The second-order valence-corrected chi connectivity index (χ2v) is 7.42. The summed E-state index contributed by atoms with van der Waals surface area (Å²) in [5.41, 5.74) is 8.14. The van der Waals surface area contributed by atoms with Crippen LogP contribution in [-0.4, -0.2) is 6.04 Å². The van der Waals surface area contributed by atoms with Crippen LogP contribution >= 0.6 is 0 Å². The first-order chi connectivity index (χ1) is 10.3. The van der Waals surface area contributed by atoms with Gasteiger partial charge in [0.25, 0.3) is 0 Å². The summed E-state index contributed by atoms with van der Waals surface area (Å²) in [5, 5.41) is 0. The molecule has 0 amide bonds. The van der Waals surface area contributed by atoms with Gasteiger partial charge in [-0.2, -0.15) is 0 Å². The second-order valence-electron chi connectivity index (χ2n) is 7.42. The minimum Gasteiger partial charge on any atom is -0.327 e. The van der Waals surface area contributed by atoms with Crippen molar-refractivity contribution in [3.05, 3.63) is 35.9 Å². The summed E-state index contributed by atoms with van der Waals surface area (Å²) in [6, 6.07) is 11.4. The maximum Gasteiger partial charge on any atom is 0.0102 e. The van der Waals surface area contributed by atoms with E-state index in [0.717, 1.165) is 23.7 Å². The molecular formula is C20H31N. The van der Waals surface area contributed by atoms with Gasteiger partial charge in [-0.3, -0.25) is 0 Å². The van der Waals surface area contributed by atoms with Crippen LogP contribution < -0.4 is 5.73 Å². The summed E-state index contributed by atoms with van der Waals surface area (Å²) >= 11 is 0. The molecule has 3 unspecified atom stereocenters. The number of benzene rings is 1. The third-order valence-electron chi connectivity index (χ3n) is 5.96. The van der Waals surface area contributed by atoms with Crippen LogP contribution in [0, 0.1) is 17.8 Å². The molecule has 0 spiro atoms. The number of nitrogens with two attached hydrogens (primary N) is 1. The van der Waals surface area contributed by atoms with Crippen LogP contribution in [-0.2, 0) is 0 Å². The molecule has 1 aromatic rings. The Labute approximate surface area is 130 Å². The van der Waals surface area contributed by atoms with Crippen molar-refractivity contribution in [1.29, 1.82) is 0 Å². The zero-order valence-corrected chi connectivity index (χ0v) is 13.5. The van der Waals surface area contributed by atoms with Crippen LogP contribution in [0.4, 0.5) is 0 Å². The molecule has 0 heterocycles. The van der Waals surface area contributed by atoms with Crippen molar-refractivity contribution in [3.8, 4) is 0 Å². The average Bonchev–Trinajstić information content (AvgIpc) is 3.34. The molecule has 0 aliphatic heterocycles. The quantitative estimate of drug-likeness (QED) is 0.772. The second kappa shape index (κ2) is 6.96. The Kier molecular flexibility index (Phi) is 5.00. The lowest BCUT2D eigenvalue weighted by atomic mass is 9.75. The summed E-state index contributed by atoms with van der Waals surface area (Å²) in [6.07, 6.45) is 11.2. The molecule has 21 heavy (non-hydrogen) atoms. The highest BCUT2D eigenvalue weighted by Crippen LogP contribution is 2.52. The number of rotatable bonds is 6. The molecule has 2 N–H and O–H groups in total. The first kappa shape index (κ1) is 15.1. The van der Waals surface area contributed by atoms with E-state index in [-0.39, 0.29) is 0 Å². The first-order valence-electron chi connectivity index (χ1n) is 9.10. The predicted molar refractivity (Wildman–Crippen MR) is 90.2 cm³/mol. The molecule has 0 radical (unpaired) electrons. The van der Waals surface area contributed by atoms with Crippen LogP contribution in [0.15, 0.2) is 30.3 Å². The fourth-order valence-corrected chi connectivity index (χ4v) is 4.43. The van der Waals surface area contributed by atoms with E-state index in [9.17, 15) is 0 Å². The van der Waals surface area contributed by atoms with Gasteiger partial charge in [0.2, 0.25) is 0 Å². The van der Waals surface area contributed by atoms with Crippen molar-refractivity contribution in [3.63, 3.8) is 0 Å². The minimum absolute atomic E-state index is 0.447. The fourth-order valence-electron chi connectivity index (χ4n) is 4.43. The van der Waals surface area contributed by atoms with E-state index in [1.807, 2.05) is 0 Å². The third kappa shape index (κ3) is 3.69.